The van der Waals surface area contributed by atoms with Crippen molar-refractivity contribution in [2.24, 2.45) is 11.7 Å². The fourth-order valence-corrected chi connectivity index (χ4v) is 3.36. The summed E-state index contributed by atoms with van der Waals surface area (Å²) in [4.78, 5) is 2.51. The summed E-state index contributed by atoms with van der Waals surface area (Å²) in [6.07, 6.45) is 2.45. The van der Waals surface area contributed by atoms with Gasteiger partial charge in [-0.05, 0) is 49.9 Å². The molecular formula is C16H25BrN2O2. The van der Waals surface area contributed by atoms with Crippen LogP contribution in [-0.2, 0) is 6.54 Å². The second kappa shape index (κ2) is 7.47. The van der Waals surface area contributed by atoms with Gasteiger partial charge in [-0.25, -0.2) is 0 Å². The molecule has 1 fully saturated rings. The Kier molecular flexibility index (Phi) is 5.90. The third kappa shape index (κ3) is 3.90. The average Bonchev–Trinajstić information content (AvgIpc) is 2.50. The van der Waals surface area contributed by atoms with Crippen molar-refractivity contribution in [3.05, 3.63) is 22.2 Å². The zero-order valence-electron chi connectivity index (χ0n) is 13.1. The monoisotopic (exact) mass is 356 g/mol. The van der Waals surface area contributed by atoms with Crippen LogP contribution in [0.25, 0.3) is 0 Å². The van der Waals surface area contributed by atoms with Crippen LogP contribution >= 0.6 is 15.9 Å². The van der Waals surface area contributed by atoms with Gasteiger partial charge in [-0.15, -0.1) is 0 Å². The van der Waals surface area contributed by atoms with E-state index in [1.54, 1.807) is 14.2 Å². The van der Waals surface area contributed by atoms with Gasteiger partial charge in [-0.1, -0.05) is 15.9 Å². The molecule has 0 aromatic heterocycles. The van der Waals surface area contributed by atoms with Crippen molar-refractivity contribution in [1.82, 2.24) is 4.90 Å². The van der Waals surface area contributed by atoms with Crippen molar-refractivity contribution in [3.63, 3.8) is 0 Å². The molecule has 2 N–H and O–H groups in total. The van der Waals surface area contributed by atoms with Gasteiger partial charge in [-0.3, -0.25) is 4.90 Å². The third-order valence-electron chi connectivity index (χ3n) is 4.37. The van der Waals surface area contributed by atoms with Crippen LogP contribution < -0.4 is 15.2 Å². The number of methoxy groups -OCH3 is 2. The Labute approximate surface area is 135 Å². The molecule has 1 aliphatic rings. The summed E-state index contributed by atoms with van der Waals surface area (Å²) < 4.78 is 11.8. The van der Waals surface area contributed by atoms with Gasteiger partial charge >= 0.3 is 0 Å². The minimum Gasteiger partial charge on any atom is -0.493 e. The molecule has 1 saturated heterocycles. The highest BCUT2D eigenvalue weighted by atomic mass is 79.9. The van der Waals surface area contributed by atoms with Crippen LogP contribution in [0.15, 0.2) is 16.6 Å². The molecule has 2 rings (SSSR count). The molecule has 0 amide bonds. The minimum atomic E-state index is 0.591. The normalized spacial score (nSPS) is 23.1. The molecule has 1 aromatic rings. The van der Waals surface area contributed by atoms with Crippen LogP contribution in [0.2, 0.25) is 0 Å². The zero-order chi connectivity index (χ0) is 15.4. The van der Waals surface area contributed by atoms with Gasteiger partial charge in [0.15, 0.2) is 11.5 Å². The Morgan fingerprint density at radius 1 is 1.24 bits per heavy atom. The van der Waals surface area contributed by atoms with Crippen LogP contribution in [0.1, 0.15) is 25.3 Å². The number of hydrogen-bond donors (Lipinski definition) is 1. The van der Waals surface area contributed by atoms with E-state index in [9.17, 15) is 0 Å². The molecule has 0 spiro atoms. The van der Waals surface area contributed by atoms with E-state index in [-0.39, 0.29) is 0 Å². The fraction of sp³-hybridized carbons (Fsp3) is 0.625. The van der Waals surface area contributed by atoms with E-state index in [2.05, 4.69) is 33.8 Å². The minimum absolute atomic E-state index is 0.591. The van der Waals surface area contributed by atoms with Gasteiger partial charge in [0, 0.05) is 23.6 Å². The lowest BCUT2D eigenvalue weighted by atomic mass is 9.93. The SMILES string of the molecule is COc1cc(Br)c(CN2CC(CN)CCC2C)cc1OC. The molecule has 1 aromatic carbocycles. The molecule has 2 unspecified atom stereocenters. The zero-order valence-corrected chi connectivity index (χ0v) is 14.6. The molecule has 4 nitrogen and oxygen atoms in total. The van der Waals surface area contributed by atoms with Gasteiger partial charge in [0.1, 0.15) is 0 Å². The summed E-state index contributed by atoms with van der Waals surface area (Å²) in [5.41, 5.74) is 7.06. The Bertz CT molecular complexity index is 482. The summed E-state index contributed by atoms with van der Waals surface area (Å²) in [6, 6.07) is 4.62. The van der Waals surface area contributed by atoms with E-state index in [0.29, 0.717) is 12.0 Å². The van der Waals surface area contributed by atoms with E-state index in [0.717, 1.165) is 35.6 Å². The third-order valence-corrected chi connectivity index (χ3v) is 5.11. The predicted octanol–water partition coefficient (Wildman–Crippen LogP) is 3.03. The van der Waals surface area contributed by atoms with E-state index in [4.69, 9.17) is 15.2 Å². The lowest BCUT2D eigenvalue weighted by Crippen LogP contribution is -2.43. The molecule has 21 heavy (non-hydrogen) atoms. The van der Waals surface area contributed by atoms with E-state index < -0.39 is 0 Å². The van der Waals surface area contributed by atoms with Crippen LogP contribution in [0.5, 0.6) is 11.5 Å². The van der Waals surface area contributed by atoms with E-state index >= 15 is 0 Å². The number of nitrogens with zero attached hydrogens (tertiary/aromatic N) is 1. The van der Waals surface area contributed by atoms with Gasteiger partial charge in [-0.2, -0.15) is 0 Å². The van der Waals surface area contributed by atoms with Crippen LogP contribution in [0.3, 0.4) is 0 Å². The number of piperidine rings is 1. The van der Waals surface area contributed by atoms with Crippen molar-refractivity contribution in [1.29, 1.82) is 0 Å². The molecule has 2 atom stereocenters. The molecule has 0 saturated carbocycles. The highest BCUT2D eigenvalue weighted by molar-refractivity contribution is 9.10. The number of halogens is 1. The number of rotatable bonds is 5. The largest absolute Gasteiger partial charge is 0.493 e. The van der Waals surface area contributed by atoms with Crippen molar-refractivity contribution in [2.75, 3.05) is 27.3 Å². The van der Waals surface area contributed by atoms with Crippen molar-refractivity contribution in [2.45, 2.75) is 32.4 Å². The summed E-state index contributed by atoms with van der Waals surface area (Å²) in [6.45, 7) is 5.04. The molecule has 0 radical (unpaired) electrons. The van der Waals surface area contributed by atoms with Gasteiger partial charge in [0.2, 0.25) is 0 Å². The van der Waals surface area contributed by atoms with Gasteiger partial charge < -0.3 is 15.2 Å². The van der Waals surface area contributed by atoms with Crippen LogP contribution in [0.4, 0.5) is 0 Å². The van der Waals surface area contributed by atoms with Crippen LogP contribution in [0, 0.1) is 5.92 Å². The topological polar surface area (TPSA) is 47.7 Å². The summed E-state index contributed by atoms with van der Waals surface area (Å²) >= 11 is 3.64. The lowest BCUT2D eigenvalue weighted by Gasteiger charge is -2.38. The molecule has 118 valence electrons. The molecule has 1 heterocycles. The maximum Gasteiger partial charge on any atom is 0.161 e. The highest BCUT2D eigenvalue weighted by Gasteiger charge is 2.25. The first-order valence-electron chi connectivity index (χ1n) is 7.43. The van der Waals surface area contributed by atoms with Gasteiger partial charge in [0.25, 0.3) is 0 Å². The number of nitrogens with two attached hydrogens (primary N) is 1. The standard InChI is InChI=1S/C16H25BrN2O2/c1-11-4-5-12(8-18)9-19(11)10-13-6-15(20-2)16(21-3)7-14(13)17/h6-7,11-12H,4-5,8-10,18H2,1-3H3. The fourth-order valence-electron chi connectivity index (χ4n) is 2.91. The molecular weight excluding hydrogens is 332 g/mol. The average molecular weight is 357 g/mol. The first-order valence-corrected chi connectivity index (χ1v) is 8.22. The molecule has 0 bridgehead atoms. The van der Waals surface area contributed by atoms with Crippen molar-refractivity contribution in [3.8, 4) is 11.5 Å². The predicted molar refractivity (Wildman–Crippen MR) is 88.9 cm³/mol. The highest BCUT2D eigenvalue weighted by Crippen LogP contribution is 2.35. The molecule has 0 aliphatic carbocycles. The van der Waals surface area contributed by atoms with Gasteiger partial charge in [0.05, 0.1) is 14.2 Å². The summed E-state index contributed by atoms with van der Waals surface area (Å²) in [5, 5.41) is 0. The Hall–Kier alpha value is -0.780. The van der Waals surface area contributed by atoms with Crippen molar-refractivity contribution >= 4 is 15.9 Å². The van der Waals surface area contributed by atoms with Crippen LogP contribution in [-0.4, -0.2) is 38.3 Å². The smallest absolute Gasteiger partial charge is 0.161 e. The Balaban J connectivity index is 2.18. The Morgan fingerprint density at radius 2 is 1.90 bits per heavy atom. The maximum atomic E-state index is 5.85. The first-order chi connectivity index (χ1) is 10.1. The molecule has 1 aliphatic heterocycles. The second-order valence-corrected chi connectivity index (χ2v) is 6.61. The first kappa shape index (κ1) is 16.6. The summed E-state index contributed by atoms with van der Waals surface area (Å²) in [5.74, 6) is 2.13. The maximum absolute atomic E-state index is 5.85. The number of benzene rings is 1. The second-order valence-electron chi connectivity index (χ2n) is 5.76. The molecule has 5 heteroatoms. The quantitative estimate of drug-likeness (QED) is 0.880. The van der Waals surface area contributed by atoms with Crippen molar-refractivity contribution < 1.29 is 9.47 Å². The number of hydrogen-bond acceptors (Lipinski definition) is 4. The lowest BCUT2D eigenvalue weighted by molar-refractivity contribution is 0.113. The Morgan fingerprint density at radius 3 is 2.52 bits per heavy atom. The summed E-state index contributed by atoms with van der Waals surface area (Å²) in [7, 11) is 3.33. The number of likely N-dealkylation sites (tertiary alicyclic amines) is 1. The number of ether oxygens (including phenoxy) is 2. The van der Waals surface area contributed by atoms with E-state index in [1.807, 2.05) is 6.07 Å². The van der Waals surface area contributed by atoms with E-state index in [1.165, 1.54) is 18.4 Å².